The molecule has 4 heteroatoms. The Bertz CT molecular complexity index is 708. The van der Waals surface area contributed by atoms with Crippen molar-refractivity contribution in [2.75, 3.05) is 5.32 Å². The molecule has 2 aromatic carbocycles. The molecular weight excluding hydrogens is 255 g/mol. The Labute approximate surface area is 108 Å². The lowest BCUT2D eigenvalue weighted by atomic mass is 10.2. The largest absolute Gasteiger partial charge is 0.359 e. The highest BCUT2D eigenvalue weighted by molar-refractivity contribution is 6.42. The van der Waals surface area contributed by atoms with Gasteiger partial charge in [0.15, 0.2) is 0 Å². The molecule has 0 aromatic heterocycles. The molecule has 0 saturated heterocycles. The number of para-hydroxylation sites is 1. The molecule has 1 N–H and O–H groups in total. The first-order valence-corrected chi connectivity index (χ1v) is 5.89. The van der Waals surface area contributed by atoms with Gasteiger partial charge in [-0.2, -0.15) is 0 Å². The zero-order valence-electron chi connectivity index (χ0n) is 8.74. The maximum atomic E-state index is 6.00. The van der Waals surface area contributed by atoms with E-state index in [4.69, 9.17) is 23.2 Å². The lowest BCUT2D eigenvalue weighted by molar-refractivity contribution is 1.32. The minimum atomic E-state index is 0.510. The summed E-state index contributed by atoms with van der Waals surface area (Å²) in [4.78, 5) is 4.57. The molecule has 2 aromatic rings. The molecule has 0 radical (unpaired) electrons. The van der Waals surface area contributed by atoms with Gasteiger partial charge in [0.2, 0.25) is 0 Å². The van der Waals surface area contributed by atoms with Crippen LogP contribution in [0.15, 0.2) is 41.4 Å². The molecule has 1 aliphatic heterocycles. The fourth-order valence-electron chi connectivity index (χ4n) is 1.74. The topological polar surface area (TPSA) is 24.4 Å². The van der Waals surface area contributed by atoms with Gasteiger partial charge in [-0.3, -0.25) is 0 Å². The van der Waals surface area contributed by atoms with Crippen molar-refractivity contribution in [1.82, 2.24) is 0 Å². The Morgan fingerprint density at radius 3 is 2.65 bits per heavy atom. The van der Waals surface area contributed by atoms with Crippen molar-refractivity contribution in [1.29, 1.82) is 0 Å². The first-order valence-electron chi connectivity index (χ1n) is 5.13. The van der Waals surface area contributed by atoms with Gasteiger partial charge in [-0.25, -0.2) is 4.99 Å². The number of rotatable bonds is 0. The van der Waals surface area contributed by atoms with Gasteiger partial charge in [0.1, 0.15) is 0 Å². The predicted molar refractivity (Wildman–Crippen MR) is 71.4 cm³/mol. The maximum Gasteiger partial charge on any atom is 0.0887 e. The van der Waals surface area contributed by atoms with Gasteiger partial charge in [0, 0.05) is 11.4 Å². The van der Waals surface area contributed by atoms with Crippen molar-refractivity contribution in [3.8, 4) is 0 Å². The van der Waals surface area contributed by atoms with Crippen molar-refractivity contribution in [3.05, 3.63) is 57.0 Å². The monoisotopic (exact) mass is 262 g/mol. The predicted octanol–water partition coefficient (Wildman–Crippen LogP) is 3.11. The van der Waals surface area contributed by atoms with E-state index in [9.17, 15) is 0 Å². The molecule has 0 amide bonds. The lowest BCUT2D eigenvalue weighted by Crippen LogP contribution is -2.23. The number of anilines is 1. The quantitative estimate of drug-likeness (QED) is 0.776. The number of hydrogen-bond acceptors (Lipinski definition) is 2. The molecule has 84 valence electrons. The highest BCUT2D eigenvalue weighted by atomic mass is 35.5. The summed E-state index contributed by atoms with van der Waals surface area (Å²) in [7, 11) is 0. The Hall–Kier alpha value is -1.51. The van der Waals surface area contributed by atoms with Crippen LogP contribution in [0.5, 0.6) is 0 Å². The van der Waals surface area contributed by atoms with Crippen molar-refractivity contribution < 1.29 is 0 Å². The van der Waals surface area contributed by atoms with Crippen LogP contribution in [0.2, 0.25) is 10.0 Å². The van der Waals surface area contributed by atoms with E-state index in [0.717, 1.165) is 22.0 Å². The third-order valence-electron chi connectivity index (χ3n) is 2.60. The highest BCUT2D eigenvalue weighted by Gasteiger charge is 2.07. The molecule has 0 atom stereocenters. The molecule has 0 saturated carbocycles. The highest BCUT2D eigenvalue weighted by Crippen LogP contribution is 2.34. The number of nitrogens with zero attached hydrogens (tertiary/aromatic N) is 1. The molecular formula is C13H8Cl2N2. The number of nitrogens with one attached hydrogen (secondary N) is 1. The summed E-state index contributed by atoms with van der Waals surface area (Å²) in [6.07, 6.45) is 1.91. The Morgan fingerprint density at radius 2 is 1.76 bits per heavy atom. The standard InChI is InChI=1S/C13H8Cl2N2/c14-9-5-12-13(6-10(9)15)17-11-4-2-1-3-8(11)7-16-12/h1-7,16H. The van der Waals surface area contributed by atoms with Gasteiger partial charge in [-0.05, 0) is 18.2 Å². The Morgan fingerprint density at radius 1 is 1.00 bits per heavy atom. The van der Waals surface area contributed by atoms with Crippen LogP contribution in [0.25, 0.3) is 6.20 Å². The zero-order valence-corrected chi connectivity index (χ0v) is 10.3. The molecule has 0 aliphatic carbocycles. The Balaban J connectivity index is 2.32. The van der Waals surface area contributed by atoms with E-state index in [-0.39, 0.29) is 0 Å². The van der Waals surface area contributed by atoms with Gasteiger partial charge < -0.3 is 5.32 Å². The smallest absolute Gasteiger partial charge is 0.0887 e. The SMILES string of the molecule is Clc1cc2c(cc1Cl)NC=c1ccccc1=N2. The van der Waals surface area contributed by atoms with E-state index in [1.807, 2.05) is 30.5 Å². The summed E-state index contributed by atoms with van der Waals surface area (Å²) >= 11 is 12.0. The number of benzene rings is 2. The molecule has 0 fully saturated rings. The first kappa shape index (κ1) is 10.6. The summed E-state index contributed by atoms with van der Waals surface area (Å²) in [6.45, 7) is 0. The minimum absolute atomic E-state index is 0.510. The number of halogens is 2. The van der Waals surface area contributed by atoms with Crippen LogP contribution in [0, 0.1) is 0 Å². The first-order chi connectivity index (χ1) is 8.24. The van der Waals surface area contributed by atoms with Gasteiger partial charge in [-0.15, -0.1) is 0 Å². The molecule has 1 aliphatic rings. The number of hydrogen-bond donors (Lipinski definition) is 1. The second kappa shape index (κ2) is 4.06. The second-order valence-electron chi connectivity index (χ2n) is 3.74. The zero-order chi connectivity index (χ0) is 11.8. The van der Waals surface area contributed by atoms with Crippen molar-refractivity contribution in [2.45, 2.75) is 0 Å². The van der Waals surface area contributed by atoms with Gasteiger partial charge in [0.05, 0.1) is 26.8 Å². The molecule has 0 unspecified atom stereocenters. The van der Waals surface area contributed by atoms with Crippen LogP contribution >= 0.6 is 23.2 Å². The van der Waals surface area contributed by atoms with Crippen LogP contribution in [0.3, 0.4) is 0 Å². The van der Waals surface area contributed by atoms with Crippen molar-refractivity contribution in [2.24, 2.45) is 4.99 Å². The van der Waals surface area contributed by atoms with E-state index in [1.165, 1.54) is 0 Å². The van der Waals surface area contributed by atoms with E-state index in [0.29, 0.717) is 10.0 Å². The lowest BCUT2D eigenvalue weighted by Gasteiger charge is -2.05. The minimum Gasteiger partial charge on any atom is -0.359 e. The molecule has 0 bridgehead atoms. The second-order valence-corrected chi connectivity index (χ2v) is 4.56. The normalized spacial score (nSPS) is 12.4. The van der Waals surface area contributed by atoms with Crippen LogP contribution in [0.4, 0.5) is 11.4 Å². The van der Waals surface area contributed by atoms with E-state index >= 15 is 0 Å². The maximum absolute atomic E-state index is 6.00. The van der Waals surface area contributed by atoms with Crippen LogP contribution in [-0.4, -0.2) is 0 Å². The van der Waals surface area contributed by atoms with Gasteiger partial charge in [-0.1, -0.05) is 41.4 Å². The summed E-state index contributed by atoms with van der Waals surface area (Å²) in [5, 5.41) is 6.17. The number of fused-ring (bicyclic) bond motifs is 2. The Kier molecular flexibility index (Phi) is 2.54. The van der Waals surface area contributed by atoms with Crippen molar-refractivity contribution in [3.63, 3.8) is 0 Å². The summed E-state index contributed by atoms with van der Waals surface area (Å²) in [5.41, 5.74) is 1.65. The summed E-state index contributed by atoms with van der Waals surface area (Å²) in [5.74, 6) is 0. The average molecular weight is 263 g/mol. The summed E-state index contributed by atoms with van der Waals surface area (Å²) in [6, 6.07) is 11.4. The van der Waals surface area contributed by atoms with Crippen molar-refractivity contribution >= 4 is 40.8 Å². The third kappa shape index (κ3) is 1.90. The fourth-order valence-corrected chi connectivity index (χ4v) is 2.06. The fraction of sp³-hybridized carbons (Fsp3) is 0. The average Bonchev–Trinajstić information content (AvgIpc) is 2.49. The molecule has 3 rings (SSSR count). The third-order valence-corrected chi connectivity index (χ3v) is 3.32. The molecule has 2 nitrogen and oxygen atoms in total. The van der Waals surface area contributed by atoms with Gasteiger partial charge >= 0.3 is 0 Å². The summed E-state index contributed by atoms with van der Waals surface area (Å²) < 4.78 is 0. The van der Waals surface area contributed by atoms with Crippen LogP contribution in [0.1, 0.15) is 0 Å². The molecule has 1 heterocycles. The van der Waals surface area contributed by atoms with E-state index in [2.05, 4.69) is 10.3 Å². The van der Waals surface area contributed by atoms with Crippen LogP contribution in [-0.2, 0) is 0 Å². The van der Waals surface area contributed by atoms with E-state index in [1.54, 1.807) is 12.1 Å². The van der Waals surface area contributed by atoms with E-state index < -0.39 is 0 Å². The van der Waals surface area contributed by atoms with Crippen LogP contribution < -0.4 is 15.9 Å². The molecule has 17 heavy (non-hydrogen) atoms. The van der Waals surface area contributed by atoms with Gasteiger partial charge in [0.25, 0.3) is 0 Å². The molecule has 0 spiro atoms.